The van der Waals surface area contributed by atoms with Crippen molar-refractivity contribution in [2.45, 2.75) is 45.8 Å². The lowest BCUT2D eigenvalue weighted by Crippen LogP contribution is -2.35. The third kappa shape index (κ3) is 6.34. The Hall–Kier alpha value is -3.41. The second kappa shape index (κ2) is 9.84. The van der Waals surface area contributed by atoms with Crippen molar-refractivity contribution in [2.24, 2.45) is 5.92 Å². The summed E-state index contributed by atoms with van der Waals surface area (Å²) in [5.74, 6) is 0.928. The van der Waals surface area contributed by atoms with E-state index in [1.54, 1.807) is 29.2 Å². The van der Waals surface area contributed by atoms with Crippen LogP contribution in [0.4, 0.5) is 15.4 Å². The van der Waals surface area contributed by atoms with Gasteiger partial charge in [0.2, 0.25) is 0 Å². The van der Waals surface area contributed by atoms with Crippen molar-refractivity contribution >= 4 is 41.9 Å². The van der Waals surface area contributed by atoms with Crippen molar-refractivity contribution in [1.29, 1.82) is 0 Å². The van der Waals surface area contributed by atoms with Crippen LogP contribution in [0.1, 0.15) is 33.6 Å². The molecule has 3 heterocycles. The Morgan fingerprint density at radius 3 is 2.74 bits per heavy atom. The van der Waals surface area contributed by atoms with E-state index < -0.39 is 11.7 Å². The predicted octanol–water partition coefficient (Wildman–Crippen LogP) is 3.18. The third-order valence-electron chi connectivity index (χ3n) is 4.98. The highest BCUT2D eigenvalue weighted by atomic mass is 32.1. The number of fused-ring (bicyclic) bond motifs is 1. The zero-order valence-electron chi connectivity index (χ0n) is 19.4. The van der Waals surface area contributed by atoms with E-state index >= 15 is 0 Å². The number of alkyl carbamates (subject to hydrolysis) is 1. The van der Waals surface area contributed by atoms with E-state index in [-0.39, 0.29) is 6.03 Å². The van der Waals surface area contributed by atoms with E-state index in [2.05, 4.69) is 43.5 Å². The number of amides is 3. The van der Waals surface area contributed by atoms with E-state index in [0.717, 1.165) is 18.4 Å². The molecule has 12 heteroatoms. The van der Waals surface area contributed by atoms with Gasteiger partial charge < -0.3 is 15.4 Å². The molecule has 3 aromatic heterocycles. The van der Waals surface area contributed by atoms with E-state index in [0.29, 0.717) is 48.2 Å². The summed E-state index contributed by atoms with van der Waals surface area (Å²) in [6.45, 7) is 6.91. The molecule has 0 radical (unpaired) electrons. The minimum atomic E-state index is -0.546. The first-order valence-electron chi connectivity index (χ1n) is 11.1. The molecule has 0 saturated heterocycles. The van der Waals surface area contributed by atoms with Crippen LogP contribution in [-0.4, -0.2) is 55.5 Å². The molecule has 3 amide bonds. The predicted molar refractivity (Wildman–Crippen MR) is 130 cm³/mol. The topological polar surface area (TPSA) is 127 Å². The standard InChI is InChI=1S/C22H28N8O3S/c1-22(2,3)33-21(32)23-8-9-29-13-15(11-26-29)17-12-24-16-6-7-18(28-19(16)27-17)30(34)20(31)25-10-14-4-5-14/h6-7,11-14,34H,4-5,8-10H2,1-3H3,(H,23,32)(H,25,31). The number of pyridine rings is 1. The Morgan fingerprint density at radius 1 is 1.21 bits per heavy atom. The highest BCUT2D eigenvalue weighted by Crippen LogP contribution is 2.28. The lowest BCUT2D eigenvalue weighted by molar-refractivity contribution is 0.0525. The maximum absolute atomic E-state index is 12.3. The SMILES string of the molecule is CC(C)(C)OC(=O)NCCn1cc(-c2cnc3ccc(N(S)C(=O)NCC4CC4)nc3n2)cn1. The number of nitrogens with one attached hydrogen (secondary N) is 2. The van der Waals surface area contributed by atoms with Crippen LogP contribution in [0.2, 0.25) is 0 Å². The van der Waals surface area contributed by atoms with Gasteiger partial charge in [-0.3, -0.25) is 9.67 Å². The summed E-state index contributed by atoms with van der Waals surface area (Å²) >= 11 is 4.29. The maximum Gasteiger partial charge on any atom is 0.407 e. The number of thiol groups is 1. The van der Waals surface area contributed by atoms with Crippen LogP contribution >= 0.6 is 12.8 Å². The molecule has 34 heavy (non-hydrogen) atoms. The van der Waals surface area contributed by atoms with Crippen LogP contribution in [-0.2, 0) is 11.3 Å². The van der Waals surface area contributed by atoms with Crippen LogP contribution in [0.25, 0.3) is 22.4 Å². The number of nitrogens with zero attached hydrogens (tertiary/aromatic N) is 6. The van der Waals surface area contributed by atoms with Gasteiger partial charge in [0.25, 0.3) is 0 Å². The van der Waals surface area contributed by atoms with Gasteiger partial charge >= 0.3 is 12.1 Å². The zero-order chi connectivity index (χ0) is 24.3. The fourth-order valence-electron chi connectivity index (χ4n) is 3.08. The number of anilines is 1. The largest absolute Gasteiger partial charge is 0.444 e. The van der Waals surface area contributed by atoms with Gasteiger partial charge in [0.15, 0.2) is 5.65 Å². The molecular formula is C22H28N8O3S. The van der Waals surface area contributed by atoms with Crippen molar-refractivity contribution in [1.82, 2.24) is 35.4 Å². The van der Waals surface area contributed by atoms with Crippen LogP contribution in [0, 0.1) is 5.92 Å². The molecule has 11 nitrogen and oxygen atoms in total. The molecule has 0 atom stereocenters. The summed E-state index contributed by atoms with van der Waals surface area (Å²) < 4.78 is 8.09. The molecule has 1 fully saturated rings. The Labute approximate surface area is 202 Å². The summed E-state index contributed by atoms with van der Waals surface area (Å²) in [5, 5.41) is 9.87. The molecule has 0 bridgehead atoms. The number of carbonyl (C=O) groups is 2. The van der Waals surface area contributed by atoms with Crippen LogP contribution in [0.5, 0.6) is 0 Å². The van der Waals surface area contributed by atoms with Crippen molar-refractivity contribution < 1.29 is 14.3 Å². The highest BCUT2D eigenvalue weighted by molar-refractivity contribution is 7.82. The Morgan fingerprint density at radius 2 is 2.00 bits per heavy atom. The molecule has 2 N–H and O–H groups in total. The first kappa shape index (κ1) is 23.7. The van der Waals surface area contributed by atoms with Crippen molar-refractivity contribution in [2.75, 3.05) is 17.4 Å². The number of urea groups is 1. The molecule has 3 aromatic rings. The maximum atomic E-state index is 12.3. The fraction of sp³-hybridized carbons (Fsp3) is 0.455. The zero-order valence-corrected chi connectivity index (χ0v) is 20.2. The second-order valence-corrected chi connectivity index (χ2v) is 9.53. The number of hydrogen-bond acceptors (Lipinski definition) is 8. The van der Waals surface area contributed by atoms with E-state index in [9.17, 15) is 9.59 Å². The normalized spacial score (nSPS) is 13.5. The number of rotatable bonds is 7. The Kier molecular flexibility index (Phi) is 6.87. The Bertz CT molecular complexity index is 1190. The summed E-state index contributed by atoms with van der Waals surface area (Å²) in [5.41, 5.74) is 1.79. The highest BCUT2D eigenvalue weighted by Gasteiger charge is 2.23. The quantitative estimate of drug-likeness (QED) is 0.440. The fourth-order valence-corrected chi connectivity index (χ4v) is 3.26. The molecular weight excluding hydrogens is 456 g/mol. The lowest BCUT2D eigenvalue weighted by Gasteiger charge is -2.19. The number of ether oxygens (including phenoxy) is 1. The van der Waals surface area contributed by atoms with Gasteiger partial charge in [-0.25, -0.2) is 23.9 Å². The van der Waals surface area contributed by atoms with Gasteiger partial charge in [-0.1, -0.05) is 12.8 Å². The summed E-state index contributed by atoms with van der Waals surface area (Å²) in [7, 11) is 0. The van der Waals surface area contributed by atoms with Gasteiger partial charge in [0, 0.05) is 24.8 Å². The summed E-state index contributed by atoms with van der Waals surface area (Å²) in [6, 6.07) is 3.10. The average Bonchev–Trinajstić information content (AvgIpc) is 3.50. The van der Waals surface area contributed by atoms with Gasteiger partial charge in [-0.15, -0.1) is 0 Å². The monoisotopic (exact) mass is 484 g/mol. The minimum absolute atomic E-state index is 0.326. The molecule has 1 aliphatic carbocycles. The molecule has 0 unspecified atom stereocenters. The minimum Gasteiger partial charge on any atom is -0.444 e. The second-order valence-electron chi connectivity index (χ2n) is 9.13. The number of aromatic nitrogens is 5. The Balaban J connectivity index is 1.40. The molecule has 1 saturated carbocycles. The molecule has 0 spiro atoms. The van der Waals surface area contributed by atoms with Crippen molar-refractivity contribution in [3.8, 4) is 11.3 Å². The van der Waals surface area contributed by atoms with Gasteiger partial charge in [-0.05, 0) is 51.7 Å². The van der Waals surface area contributed by atoms with Crippen LogP contribution < -0.4 is 14.9 Å². The van der Waals surface area contributed by atoms with Gasteiger partial charge in [0.1, 0.15) is 16.9 Å². The third-order valence-corrected chi connectivity index (χ3v) is 5.37. The lowest BCUT2D eigenvalue weighted by atomic mass is 10.2. The molecule has 4 rings (SSSR count). The molecule has 0 aromatic carbocycles. The van der Waals surface area contributed by atoms with E-state index in [4.69, 9.17) is 4.74 Å². The summed E-state index contributed by atoms with van der Waals surface area (Å²) in [4.78, 5) is 37.5. The van der Waals surface area contributed by atoms with Gasteiger partial charge in [-0.2, -0.15) is 5.10 Å². The van der Waals surface area contributed by atoms with E-state index in [1.807, 2.05) is 27.0 Å². The number of carbonyl (C=O) groups excluding carboxylic acids is 2. The first-order chi connectivity index (χ1) is 16.2. The van der Waals surface area contributed by atoms with Gasteiger partial charge in [0.05, 0.1) is 24.6 Å². The van der Waals surface area contributed by atoms with Crippen molar-refractivity contribution in [3.63, 3.8) is 0 Å². The smallest absolute Gasteiger partial charge is 0.407 e. The molecule has 1 aliphatic rings. The first-order valence-corrected chi connectivity index (χ1v) is 11.5. The summed E-state index contributed by atoms with van der Waals surface area (Å²) in [6.07, 6.45) is 6.95. The van der Waals surface area contributed by atoms with E-state index in [1.165, 1.54) is 4.31 Å². The average molecular weight is 485 g/mol. The van der Waals surface area contributed by atoms with Crippen molar-refractivity contribution in [3.05, 3.63) is 30.7 Å². The van der Waals surface area contributed by atoms with Crippen LogP contribution in [0.15, 0.2) is 30.7 Å². The molecule has 180 valence electrons. The number of hydrogen-bond donors (Lipinski definition) is 3. The molecule has 0 aliphatic heterocycles. The van der Waals surface area contributed by atoms with Crippen LogP contribution in [0.3, 0.4) is 0 Å².